The van der Waals surface area contributed by atoms with Crippen LogP contribution < -0.4 is 5.32 Å². The van der Waals surface area contributed by atoms with Crippen molar-refractivity contribution in [2.45, 2.75) is 103 Å². The van der Waals surface area contributed by atoms with Crippen LogP contribution in [0.5, 0.6) is 0 Å². The number of hydrogen-bond donors (Lipinski definition) is 4. The van der Waals surface area contributed by atoms with Crippen LogP contribution in [0.25, 0.3) is 0 Å². The molecule has 0 unspecified atom stereocenters. The van der Waals surface area contributed by atoms with Gasteiger partial charge in [0, 0.05) is 12.0 Å². The van der Waals surface area contributed by atoms with Crippen LogP contribution in [0.1, 0.15) is 79.1 Å². The minimum atomic E-state index is -0.755. The van der Waals surface area contributed by atoms with Crippen molar-refractivity contribution in [3.63, 3.8) is 0 Å². The number of hydrogen-bond acceptors (Lipinski definition) is 5. The van der Waals surface area contributed by atoms with Gasteiger partial charge in [-0.3, -0.25) is 4.79 Å². The van der Waals surface area contributed by atoms with Crippen LogP contribution in [0, 0.1) is 52.3 Å². The zero-order chi connectivity index (χ0) is 23.0. The second-order valence-electron chi connectivity index (χ2n) is 13.0. The highest BCUT2D eigenvalue weighted by Crippen LogP contribution is 2.68. The number of ketones is 1. The van der Waals surface area contributed by atoms with E-state index in [1.165, 1.54) is 0 Å². The molecular weight excluding hydrogens is 402 g/mol. The largest absolute Gasteiger partial charge is 0.393 e. The third kappa shape index (κ3) is 3.28. The van der Waals surface area contributed by atoms with Gasteiger partial charge in [-0.1, -0.05) is 27.7 Å². The van der Waals surface area contributed by atoms with E-state index in [1.807, 2.05) is 0 Å². The topological polar surface area (TPSA) is 89.8 Å². The van der Waals surface area contributed by atoms with Crippen molar-refractivity contribution < 1.29 is 20.1 Å². The fourth-order valence-electron chi connectivity index (χ4n) is 9.98. The van der Waals surface area contributed by atoms with E-state index in [4.69, 9.17) is 0 Å². The van der Waals surface area contributed by atoms with Crippen molar-refractivity contribution in [3.8, 4) is 0 Å². The Kier molecular flexibility index (Phi) is 5.84. The number of rotatable bonds is 2. The highest BCUT2D eigenvalue weighted by molar-refractivity contribution is 5.87. The lowest BCUT2D eigenvalue weighted by molar-refractivity contribution is -0.161. The number of carbonyl (C=O) groups excluding carboxylic acids is 1. The van der Waals surface area contributed by atoms with Crippen LogP contribution in [-0.2, 0) is 4.79 Å². The normalized spacial score (nSPS) is 56.8. The second-order valence-corrected chi connectivity index (χ2v) is 13.0. The highest BCUT2D eigenvalue weighted by atomic mass is 16.3. The second kappa shape index (κ2) is 8.03. The predicted molar refractivity (Wildman–Crippen MR) is 124 cm³/mol. The summed E-state index contributed by atoms with van der Waals surface area (Å²) in [6.07, 6.45) is 6.05. The SMILES string of the molecule is C[C@H]1CN[C@@H]([C@@H](C)[C@H]2[C@H](O)C[C@H]3[C@@H]4CC[C@H]5C(=O)[C@@H](O)CC[C@]5(C)[C@H]4CC[C@]23C)[C@@H](O)C1. The zero-order valence-corrected chi connectivity index (χ0v) is 20.5. The Morgan fingerprint density at radius 2 is 1.66 bits per heavy atom. The van der Waals surface area contributed by atoms with Gasteiger partial charge in [-0.2, -0.15) is 0 Å². The number of piperidine rings is 1. The lowest BCUT2D eigenvalue weighted by Gasteiger charge is -2.60. The van der Waals surface area contributed by atoms with E-state index in [0.29, 0.717) is 30.1 Å². The molecule has 13 atom stereocenters. The maximum absolute atomic E-state index is 12.8. The summed E-state index contributed by atoms with van der Waals surface area (Å²) in [5, 5.41) is 36.0. The molecule has 1 saturated heterocycles. The van der Waals surface area contributed by atoms with Crippen LogP contribution in [0.15, 0.2) is 0 Å². The van der Waals surface area contributed by atoms with Crippen molar-refractivity contribution in [2.75, 3.05) is 6.54 Å². The van der Waals surface area contributed by atoms with Gasteiger partial charge in [0.1, 0.15) is 6.10 Å². The first-order valence-electron chi connectivity index (χ1n) is 13.4. The molecule has 4 N–H and O–H groups in total. The Labute approximate surface area is 193 Å². The van der Waals surface area contributed by atoms with E-state index in [1.54, 1.807) is 0 Å². The summed E-state index contributed by atoms with van der Waals surface area (Å²) in [5.74, 6) is 2.62. The summed E-state index contributed by atoms with van der Waals surface area (Å²) in [5.41, 5.74) is 0.0956. The van der Waals surface area contributed by atoms with Crippen molar-refractivity contribution in [3.05, 3.63) is 0 Å². The Bertz CT molecular complexity index is 743. The van der Waals surface area contributed by atoms with Gasteiger partial charge in [0.25, 0.3) is 0 Å². The molecule has 0 aromatic heterocycles. The number of fused-ring (bicyclic) bond motifs is 5. The first kappa shape index (κ1) is 23.3. The zero-order valence-electron chi connectivity index (χ0n) is 20.5. The molecule has 32 heavy (non-hydrogen) atoms. The van der Waals surface area contributed by atoms with Gasteiger partial charge < -0.3 is 20.6 Å². The molecule has 0 aromatic rings. The molecule has 4 aliphatic carbocycles. The Morgan fingerprint density at radius 3 is 2.38 bits per heavy atom. The highest BCUT2D eigenvalue weighted by Gasteiger charge is 2.64. The number of carbonyl (C=O) groups is 1. The Hall–Kier alpha value is -0.490. The van der Waals surface area contributed by atoms with E-state index < -0.39 is 6.10 Å². The van der Waals surface area contributed by atoms with Gasteiger partial charge in [-0.05, 0) is 104 Å². The summed E-state index contributed by atoms with van der Waals surface area (Å²) < 4.78 is 0. The number of aliphatic hydroxyl groups is 3. The molecule has 5 heteroatoms. The molecule has 5 fully saturated rings. The summed E-state index contributed by atoms with van der Waals surface area (Å²) in [4.78, 5) is 12.8. The molecule has 0 amide bonds. The number of aliphatic hydroxyl groups excluding tert-OH is 3. The first-order chi connectivity index (χ1) is 15.1. The van der Waals surface area contributed by atoms with Crippen LogP contribution in [0.3, 0.4) is 0 Å². The molecule has 0 spiro atoms. The summed E-state index contributed by atoms with van der Waals surface area (Å²) in [6, 6.07) is 0.0601. The van der Waals surface area contributed by atoms with Crippen LogP contribution in [0.4, 0.5) is 0 Å². The molecule has 1 aliphatic heterocycles. The quantitative estimate of drug-likeness (QED) is 0.522. The van der Waals surface area contributed by atoms with Crippen molar-refractivity contribution >= 4 is 5.78 Å². The van der Waals surface area contributed by atoms with Crippen molar-refractivity contribution in [2.24, 2.45) is 52.3 Å². The van der Waals surface area contributed by atoms with Gasteiger partial charge in [0.2, 0.25) is 0 Å². The first-order valence-corrected chi connectivity index (χ1v) is 13.4. The number of Topliss-reactive ketones (excluding diaryl/α,β-unsaturated/α-hetero) is 1. The van der Waals surface area contributed by atoms with Crippen molar-refractivity contribution in [1.82, 2.24) is 5.32 Å². The van der Waals surface area contributed by atoms with E-state index >= 15 is 0 Å². The molecule has 1 heterocycles. The molecule has 5 rings (SSSR count). The standard InChI is InChI=1S/C27H45NO4/c1-14-11-22(31)24(28-13-14)15(2)23-21(30)12-19-16-5-6-18-25(32)20(29)8-10-26(18,3)17(16)7-9-27(19,23)4/h14-24,28-31H,5-13H2,1-4H3/t14-,15+,16-,17+,18+,19+,20+,21-,22+,23+,24+,26-,27+/m1/s1. The van der Waals surface area contributed by atoms with Gasteiger partial charge >= 0.3 is 0 Å². The van der Waals surface area contributed by atoms with Gasteiger partial charge in [0.15, 0.2) is 5.78 Å². The molecule has 0 bridgehead atoms. The van der Waals surface area contributed by atoms with E-state index in [0.717, 1.165) is 51.5 Å². The van der Waals surface area contributed by atoms with Crippen LogP contribution >= 0.6 is 0 Å². The molecular formula is C27H45NO4. The third-order valence-electron chi connectivity index (χ3n) is 11.5. The predicted octanol–water partition coefficient (Wildman–Crippen LogP) is 3.15. The fourth-order valence-corrected chi connectivity index (χ4v) is 9.98. The average Bonchev–Trinajstić information content (AvgIpc) is 3.01. The van der Waals surface area contributed by atoms with Crippen LogP contribution in [0.2, 0.25) is 0 Å². The average molecular weight is 448 g/mol. The molecule has 5 nitrogen and oxygen atoms in total. The third-order valence-corrected chi connectivity index (χ3v) is 11.5. The lowest BCUT2D eigenvalue weighted by Crippen LogP contribution is -2.58. The van der Waals surface area contributed by atoms with Crippen molar-refractivity contribution in [1.29, 1.82) is 0 Å². The monoisotopic (exact) mass is 447 g/mol. The maximum Gasteiger partial charge on any atom is 0.164 e. The molecule has 5 aliphatic rings. The summed E-state index contributed by atoms with van der Waals surface area (Å²) >= 11 is 0. The van der Waals surface area contributed by atoms with E-state index in [9.17, 15) is 20.1 Å². The molecule has 0 aromatic carbocycles. The Morgan fingerprint density at radius 1 is 0.938 bits per heavy atom. The van der Waals surface area contributed by atoms with E-state index in [2.05, 4.69) is 33.0 Å². The summed E-state index contributed by atoms with van der Waals surface area (Å²) in [7, 11) is 0. The molecule has 4 saturated carbocycles. The van der Waals surface area contributed by atoms with Gasteiger partial charge in [0.05, 0.1) is 12.2 Å². The van der Waals surface area contributed by atoms with Crippen LogP contribution in [-0.4, -0.2) is 52.0 Å². The van der Waals surface area contributed by atoms with Gasteiger partial charge in [-0.15, -0.1) is 0 Å². The fraction of sp³-hybridized carbons (Fsp3) is 0.963. The Balaban J connectivity index is 1.39. The molecule has 0 radical (unpaired) electrons. The summed E-state index contributed by atoms with van der Waals surface area (Å²) in [6.45, 7) is 10.1. The van der Waals surface area contributed by atoms with E-state index in [-0.39, 0.29) is 52.6 Å². The minimum absolute atomic E-state index is 0.00642. The lowest BCUT2D eigenvalue weighted by atomic mass is 9.44. The minimum Gasteiger partial charge on any atom is -0.393 e. The smallest absolute Gasteiger partial charge is 0.164 e. The maximum atomic E-state index is 12.8. The van der Waals surface area contributed by atoms with Gasteiger partial charge in [-0.25, -0.2) is 0 Å². The number of nitrogens with one attached hydrogen (secondary N) is 1. The molecule has 182 valence electrons.